The second kappa shape index (κ2) is 4.75. The number of nitrogens with zero attached hydrogens (tertiary/aromatic N) is 2. The van der Waals surface area contributed by atoms with Crippen LogP contribution in [0.2, 0.25) is 0 Å². The van der Waals surface area contributed by atoms with Gasteiger partial charge in [-0.3, -0.25) is 10.1 Å². The van der Waals surface area contributed by atoms with Gasteiger partial charge in [-0.1, -0.05) is 12.1 Å². The maximum Gasteiger partial charge on any atom is 0.280 e. The third-order valence-electron chi connectivity index (χ3n) is 2.40. The van der Waals surface area contributed by atoms with E-state index in [1.165, 1.54) is 6.07 Å². The predicted molar refractivity (Wildman–Crippen MR) is 65.9 cm³/mol. The van der Waals surface area contributed by atoms with Crippen molar-refractivity contribution < 1.29 is 4.92 Å². The molecule has 0 unspecified atom stereocenters. The first-order chi connectivity index (χ1) is 8.24. The average molecular weight is 232 g/mol. The first-order valence-corrected chi connectivity index (χ1v) is 5.20. The molecule has 1 aromatic heterocycles. The number of rotatable bonds is 4. The molecule has 0 aliphatic heterocycles. The van der Waals surface area contributed by atoms with Crippen LogP contribution in [-0.2, 0) is 0 Å². The Labute approximate surface area is 97.6 Å². The quantitative estimate of drug-likeness (QED) is 0.615. The van der Waals surface area contributed by atoms with E-state index in [-0.39, 0.29) is 5.69 Å². The monoisotopic (exact) mass is 232 g/mol. The normalized spacial score (nSPS) is 10.4. The Kier molecular flexibility index (Phi) is 3.15. The molecule has 0 aliphatic rings. The Morgan fingerprint density at radius 2 is 2.24 bits per heavy atom. The van der Waals surface area contributed by atoms with E-state index in [9.17, 15) is 10.1 Å². The zero-order valence-electron chi connectivity index (χ0n) is 9.09. The number of hydrogen-bond donors (Lipinski definition) is 2. The number of nitro groups is 1. The van der Waals surface area contributed by atoms with Gasteiger partial charge in [-0.15, -0.1) is 0 Å². The lowest BCUT2D eigenvalue weighted by Crippen LogP contribution is -2.14. The zero-order valence-corrected chi connectivity index (χ0v) is 9.09. The van der Waals surface area contributed by atoms with Gasteiger partial charge in [0.1, 0.15) is 11.2 Å². The summed E-state index contributed by atoms with van der Waals surface area (Å²) in [6, 6.07) is 6.69. The summed E-state index contributed by atoms with van der Waals surface area (Å²) in [5.41, 5.74) is 5.45. The lowest BCUT2D eigenvalue weighted by atomic mass is 10.1. The molecule has 1 heterocycles. The Bertz CT molecular complexity index is 551. The number of fused-ring (bicyclic) bond motifs is 1. The highest BCUT2D eigenvalue weighted by atomic mass is 16.6. The van der Waals surface area contributed by atoms with Crippen molar-refractivity contribution in [2.45, 2.75) is 0 Å². The summed E-state index contributed by atoms with van der Waals surface area (Å²) in [4.78, 5) is 14.7. The SMILES string of the molecule is NCCNc1nccc2cccc([N+](=O)[O-])c12. The van der Waals surface area contributed by atoms with Crippen molar-refractivity contribution in [3.63, 3.8) is 0 Å². The summed E-state index contributed by atoms with van der Waals surface area (Å²) in [7, 11) is 0. The van der Waals surface area contributed by atoms with Gasteiger partial charge in [0, 0.05) is 25.4 Å². The van der Waals surface area contributed by atoms with E-state index in [1.54, 1.807) is 18.3 Å². The Morgan fingerprint density at radius 3 is 2.94 bits per heavy atom. The summed E-state index contributed by atoms with van der Waals surface area (Å²) in [6.45, 7) is 0.969. The van der Waals surface area contributed by atoms with Crippen LogP contribution in [-0.4, -0.2) is 23.0 Å². The first-order valence-electron chi connectivity index (χ1n) is 5.20. The van der Waals surface area contributed by atoms with E-state index < -0.39 is 4.92 Å². The van der Waals surface area contributed by atoms with Crippen LogP contribution in [0.1, 0.15) is 0 Å². The van der Waals surface area contributed by atoms with Gasteiger partial charge in [-0.05, 0) is 11.5 Å². The highest BCUT2D eigenvalue weighted by Gasteiger charge is 2.15. The smallest absolute Gasteiger partial charge is 0.280 e. The third-order valence-corrected chi connectivity index (χ3v) is 2.40. The molecule has 2 aromatic rings. The van der Waals surface area contributed by atoms with Crippen LogP contribution in [0.15, 0.2) is 30.5 Å². The Balaban J connectivity index is 2.62. The molecular weight excluding hydrogens is 220 g/mol. The van der Waals surface area contributed by atoms with E-state index >= 15 is 0 Å². The van der Waals surface area contributed by atoms with E-state index in [0.717, 1.165) is 5.39 Å². The third kappa shape index (κ3) is 2.16. The number of nitrogens with two attached hydrogens (primary N) is 1. The lowest BCUT2D eigenvalue weighted by Gasteiger charge is -2.07. The fourth-order valence-electron chi connectivity index (χ4n) is 1.69. The molecule has 6 nitrogen and oxygen atoms in total. The van der Waals surface area contributed by atoms with Gasteiger partial charge < -0.3 is 11.1 Å². The lowest BCUT2D eigenvalue weighted by molar-refractivity contribution is -0.383. The second-order valence-electron chi connectivity index (χ2n) is 3.51. The van der Waals surface area contributed by atoms with Crippen LogP contribution in [0.25, 0.3) is 10.8 Å². The molecule has 0 saturated heterocycles. The van der Waals surface area contributed by atoms with Gasteiger partial charge in [0.2, 0.25) is 0 Å². The molecular formula is C11H12N4O2. The predicted octanol–water partition coefficient (Wildman–Crippen LogP) is 1.51. The van der Waals surface area contributed by atoms with Crippen molar-refractivity contribution in [2.24, 2.45) is 5.73 Å². The van der Waals surface area contributed by atoms with Crippen LogP contribution >= 0.6 is 0 Å². The van der Waals surface area contributed by atoms with Crippen LogP contribution in [0.3, 0.4) is 0 Å². The van der Waals surface area contributed by atoms with Crippen LogP contribution in [0.4, 0.5) is 11.5 Å². The van der Waals surface area contributed by atoms with Gasteiger partial charge in [-0.2, -0.15) is 0 Å². The van der Waals surface area contributed by atoms with Crippen molar-refractivity contribution in [1.82, 2.24) is 4.98 Å². The van der Waals surface area contributed by atoms with Gasteiger partial charge in [0.15, 0.2) is 0 Å². The highest BCUT2D eigenvalue weighted by Crippen LogP contribution is 2.30. The number of benzene rings is 1. The number of hydrogen-bond acceptors (Lipinski definition) is 5. The zero-order chi connectivity index (χ0) is 12.3. The summed E-state index contributed by atoms with van der Waals surface area (Å²) < 4.78 is 0. The van der Waals surface area contributed by atoms with E-state index in [1.807, 2.05) is 6.07 Å². The topological polar surface area (TPSA) is 94.1 Å². The summed E-state index contributed by atoms with van der Waals surface area (Å²) in [6.07, 6.45) is 1.62. The second-order valence-corrected chi connectivity index (χ2v) is 3.51. The van der Waals surface area contributed by atoms with Gasteiger partial charge >= 0.3 is 0 Å². The molecule has 2 rings (SSSR count). The standard InChI is InChI=1S/C11H12N4O2/c12-5-7-14-11-10-8(4-6-13-11)2-1-3-9(10)15(16)17/h1-4,6H,5,7,12H2,(H,13,14). The minimum atomic E-state index is -0.405. The van der Waals surface area contributed by atoms with Gasteiger partial charge in [0.05, 0.1) is 4.92 Å². The Hall–Kier alpha value is -2.21. The number of nitrogens with one attached hydrogen (secondary N) is 1. The fourth-order valence-corrected chi connectivity index (χ4v) is 1.69. The maximum absolute atomic E-state index is 11.0. The molecule has 0 saturated carbocycles. The van der Waals surface area contributed by atoms with Gasteiger partial charge in [0.25, 0.3) is 5.69 Å². The maximum atomic E-state index is 11.0. The van der Waals surface area contributed by atoms with E-state index in [2.05, 4.69) is 10.3 Å². The molecule has 1 aromatic carbocycles. The average Bonchev–Trinajstić information content (AvgIpc) is 2.35. The molecule has 17 heavy (non-hydrogen) atoms. The van der Waals surface area contributed by atoms with E-state index in [0.29, 0.717) is 24.3 Å². The first kappa shape index (κ1) is 11.3. The number of nitro benzene ring substituents is 1. The van der Waals surface area contributed by atoms with Crippen LogP contribution in [0, 0.1) is 10.1 Å². The molecule has 6 heteroatoms. The number of pyridine rings is 1. The van der Waals surface area contributed by atoms with Crippen LogP contribution < -0.4 is 11.1 Å². The Morgan fingerprint density at radius 1 is 1.41 bits per heavy atom. The highest BCUT2D eigenvalue weighted by molar-refractivity contribution is 5.98. The van der Waals surface area contributed by atoms with E-state index in [4.69, 9.17) is 5.73 Å². The molecule has 0 radical (unpaired) electrons. The molecule has 88 valence electrons. The molecule has 0 aliphatic carbocycles. The van der Waals surface area contributed by atoms with Crippen molar-refractivity contribution in [2.75, 3.05) is 18.4 Å². The van der Waals surface area contributed by atoms with Gasteiger partial charge in [-0.25, -0.2) is 4.98 Å². The van der Waals surface area contributed by atoms with Crippen molar-refractivity contribution in [3.05, 3.63) is 40.6 Å². The summed E-state index contributed by atoms with van der Waals surface area (Å²) >= 11 is 0. The minimum Gasteiger partial charge on any atom is -0.368 e. The summed E-state index contributed by atoms with van der Waals surface area (Å²) in [5.74, 6) is 0.500. The number of aromatic nitrogens is 1. The van der Waals surface area contributed by atoms with Crippen molar-refractivity contribution in [3.8, 4) is 0 Å². The molecule has 3 N–H and O–H groups in total. The minimum absolute atomic E-state index is 0.0510. The molecule has 0 fully saturated rings. The molecule has 0 atom stereocenters. The molecule has 0 spiro atoms. The number of non-ortho nitro benzene ring substituents is 1. The molecule has 0 amide bonds. The number of anilines is 1. The fraction of sp³-hybridized carbons (Fsp3) is 0.182. The largest absolute Gasteiger partial charge is 0.368 e. The van der Waals surface area contributed by atoms with Crippen molar-refractivity contribution >= 4 is 22.3 Å². The molecule has 0 bridgehead atoms. The van der Waals surface area contributed by atoms with Crippen LogP contribution in [0.5, 0.6) is 0 Å². The van der Waals surface area contributed by atoms with Crippen molar-refractivity contribution in [1.29, 1.82) is 0 Å². The summed E-state index contributed by atoms with van der Waals surface area (Å²) in [5, 5.41) is 15.3.